The van der Waals surface area contributed by atoms with Crippen molar-refractivity contribution in [2.24, 2.45) is 0 Å². The predicted molar refractivity (Wildman–Crippen MR) is 144 cm³/mol. The van der Waals surface area contributed by atoms with Crippen LogP contribution in [-0.4, -0.2) is 26.5 Å². The van der Waals surface area contributed by atoms with Gasteiger partial charge in [-0.05, 0) is 36.4 Å². The van der Waals surface area contributed by atoms with Crippen LogP contribution in [0.15, 0.2) is 29.2 Å². The van der Waals surface area contributed by atoms with Crippen LogP contribution in [0, 0.1) is 0 Å². The van der Waals surface area contributed by atoms with Gasteiger partial charge in [0.2, 0.25) is 10.0 Å². The Hall–Kier alpha value is -0.230. The minimum Gasteiger partial charge on any atom is -0.210 e. The Morgan fingerprint density at radius 3 is 1.59 bits per heavy atom. The van der Waals surface area contributed by atoms with E-state index in [4.69, 9.17) is 11.6 Å². The van der Waals surface area contributed by atoms with Crippen LogP contribution in [-0.2, 0) is 10.0 Å². The molecule has 0 bridgehead atoms. The fraction of sp³-hybridized carbons (Fsp3) is 0.769. The summed E-state index contributed by atoms with van der Waals surface area (Å²) in [6.45, 7) is 2.75. The molecule has 0 atom stereocenters. The molecule has 0 aliphatic heterocycles. The van der Waals surface area contributed by atoms with Gasteiger partial charge >= 0.3 is 0 Å². The van der Waals surface area contributed by atoms with Crippen LogP contribution < -0.4 is 4.72 Å². The molecule has 0 fully saturated rings. The van der Waals surface area contributed by atoms with Crippen molar-refractivity contribution < 1.29 is 8.42 Å². The topological polar surface area (TPSA) is 46.2 Å². The Labute approximate surface area is 207 Å². The third-order valence-electron chi connectivity index (χ3n) is 5.80. The Balaban J connectivity index is 1.80. The molecule has 6 heteroatoms. The van der Waals surface area contributed by atoms with Gasteiger partial charge < -0.3 is 0 Å². The molecule has 0 saturated carbocycles. The van der Waals surface area contributed by atoms with E-state index in [1.54, 1.807) is 12.1 Å². The van der Waals surface area contributed by atoms with E-state index in [1.807, 2.05) is 11.8 Å². The smallest absolute Gasteiger partial charge is 0.210 e. The summed E-state index contributed by atoms with van der Waals surface area (Å²) in [5.41, 5.74) is 0. The first-order valence-corrected chi connectivity index (χ1v) is 15.9. The van der Waals surface area contributed by atoms with Gasteiger partial charge in [-0.3, -0.25) is 0 Å². The molecule has 0 aromatic heterocycles. The molecule has 1 aromatic carbocycles. The van der Waals surface area contributed by atoms with Crippen LogP contribution in [0.4, 0.5) is 0 Å². The largest absolute Gasteiger partial charge is 0.240 e. The number of hydrogen-bond donors (Lipinski definition) is 1. The van der Waals surface area contributed by atoms with Crippen LogP contribution in [0.3, 0.4) is 0 Å². The highest BCUT2D eigenvalue weighted by Gasteiger charge is 2.12. The van der Waals surface area contributed by atoms with E-state index in [0.717, 1.165) is 11.5 Å². The first kappa shape index (κ1) is 29.8. The molecule has 0 heterocycles. The maximum absolute atomic E-state index is 12.2. The van der Waals surface area contributed by atoms with Crippen LogP contribution in [0.5, 0.6) is 0 Å². The van der Waals surface area contributed by atoms with E-state index in [1.165, 1.54) is 115 Å². The second-order valence-corrected chi connectivity index (χ2v) is 12.2. The Bertz CT molecular complexity index is 650. The minimum atomic E-state index is -3.42. The molecule has 0 aliphatic rings. The normalized spacial score (nSPS) is 11.8. The summed E-state index contributed by atoms with van der Waals surface area (Å²) in [5.74, 6) is 1.92. The molecule has 0 saturated heterocycles. The average molecular weight is 504 g/mol. The average Bonchev–Trinajstić information content (AvgIpc) is 2.78. The molecule has 0 aliphatic carbocycles. The summed E-state index contributed by atoms with van der Waals surface area (Å²) in [6, 6.07) is 6.27. The molecule has 32 heavy (non-hydrogen) atoms. The first-order chi connectivity index (χ1) is 15.6. The summed E-state index contributed by atoms with van der Waals surface area (Å²) >= 11 is 7.64. The highest BCUT2D eigenvalue weighted by molar-refractivity contribution is 7.99. The molecule has 1 aromatic rings. The lowest BCUT2D eigenvalue weighted by Crippen LogP contribution is -2.26. The van der Waals surface area contributed by atoms with E-state index in [9.17, 15) is 8.42 Å². The van der Waals surface area contributed by atoms with E-state index < -0.39 is 10.0 Å². The van der Waals surface area contributed by atoms with Crippen molar-refractivity contribution in [1.29, 1.82) is 0 Å². The van der Waals surface area contributed by atoms with Crippen molar-refractivity contribution in [3.8, 4) is 0 Å². The third-order valence-corrected chi connectivity index (χ3v) is 8.60. The Morgan fingerprint density at radius 1 is 0.688 bits per heavy atom. The number of rotatable bonds is 22. The first-order valence-electron chi connectivity index (χ1n) is 12.9. The molecular formula is C26H46ClNO2S2. The zero-order chi connectivity index (χ0) is 23.3. The molecule has 1 rings (SSSR count). The maximum atomic E-state index is 12.2. The second kappa shape index (κ2) is 20.2. The molecule has 0 unspecified atom stereocenters. The van der Waals surface area contributed by atoms with Crippen molar-refractivity contribution in [3.63, 3.8) is 0 Å². The van der Waals surface area contributed by atoms with Gasteiger partial charge in [-0.25, -0.2) is 13.1 Å². The summed E-state index contributed by atoms with van der Waals surface area (Å²) in [6.07, 6.45) is 22.2. The minimum absolute atomic E-state index is 0.268. The van der Waals surface area contributed by atoms with E-state index in [0.29, 0.717) is 11.6 Å². The number of hydrogen-bond acceptors (Lipinski definition) is 3. The van der Waals surface area contributed by atoms with Crippen molar-refractivity contribution in [2.75, 3.05) is 18.1 Å². The standard InChI is InChI=1S/C26H46ClNO2S2/c1-2-3-4-5-6-7-8-9-10-11-12-13-14-15-16-17-23-31-24-22-28-32(29,30)26-20-18-25(27)19-21-26/h18-21,28H,2-17,22-24H2,1H3. The lowest BCUT2D eigenvalue weighted by molar-refractivity contribution is 0.531. The number of benzene rings is 1. The number of nitrogens with one attached hydrogen (secondary N) is 1. The molecule has 0 radical (unpaired) electrons. The van der Waals surface area contributed by atoms with Gasteiger partial charge in [0.05, 0.1) is 4.90 Å². The lowest BCUT2D eigenvalue weighted by Gasteiger charge is -2.07. The van der Waals surface area contributed by atoms with Gasteiger partial charge in [0.15, 0.2) is 0 Å². The van der Waals surface area contributed by atoms with Crippen LogP contribution in [0.1, 0.15) is 110 Å². The molecular weight excluding hydrogens is 458 g/mol. The van der Waals surface area contributed by atoms with E-state index in [2.05, 4.69) is 11.6 Å². The van der Waals surface area contributed by atoms with Gasteiger partial charge in [0, 0.05) is 17.3 Å². The van der Waals surface area contributed by atoms with E-state index >= 15 is 0 Å². The summed E-state index contributed by atoms with van der Waals surface area (Å²) in [5, 5.41) is 0.540. The summed E-state index contributed by atoms with van der Waals surface area (Å²) < 4.78 is 27.0. The van der Waals surface area contributed by atoms with Gasteiger partial charge in [-0.1, -0.05) is 115 Å². The highest BCUT2D eigenvalue weighted by atomic mass is 35.5. The molecule has 3 nitrogen and oxygen atoms in total. The van der Waals surface area contributed by atoms with Gasteiger partial charge in [0.1, 0.15) is 0 Å². The summed E-state index contributed by atoms with van der Waals surface area (Å²) in [4.78, 5) is 0.268. The molecule has 186 valence electrons. The fourth-order valence-corrected chi connectivity index (χ4v) is 5.95. The maximum Gasteiger partial charge on any atom is 0.240 e. The van der Waals surface area contributed by atoms with Crippen LogP contribution in [0.2, 0.25) is 5.02 Å². The lowest BCUT2D eigenvalue weighted by atomic mass is 10.0. The highest BCUT2D eigenvalue weighted by Crippen LogP contribution is 2.15. The van der Waals surface area contributed by atoms with Crippen molar-refractivity contribution in [2.45, 2.75) is 115 Å². The monoisotopic (exact) mass is 503 g/mol. The molecule has 1 N–H and O–H groups in total. The predicted octanol–water partition coefficient (Wildman–Crippen LogP) is 8.61. The van der Waals surface area contributed by atoms with Gasteiger partial charge in [0.25, 0.3) is 0 Å². The Morgan fingerprint density at radius 2 is 1.12 bits per heavy atom. The van der Waals surface area contributed by atoms with Crippen molar-refractivity contribution in [1.82, 2.24) is 4.72 Å². The Kier molecular flexibility index (Phi) is 18.8. The molecule has 0 spiro atoms. The third kappa shape index (κ3) is 16.4. The molecule has 0 amide bonds. The van der Waals surface area contributed by atoms with Gasteiger partial charge in [-0.2, -0.15) is 11.8 Å². The van der Waals surface area contributed by atoms with Crippen LogP contribution in [0.25, 0.3) is 0 Å². The number of unbranched alkanes of at least 4 members (excludes halogenated alkanes) is 15. The zero-order valence-electron chi connectivity index (χ0n) is 20.3. The van der Waals surface area contributed by atoms with Crippen LogP contribution >= 0.6 is 23.4 Å². The number of halogens is 1. The van der Waals surface area contributed by atoms with E-state index in [-0.39, 0.29) is 4.90 Å². The fourth-order valence-electron chi connectivity index (χ4n) is 3.80. The van der Waals surface area contributed by atoms with Gasteiger partial charge in [-0.15, -0.1) is 0 Å². The van der Waals surface area contributed by atoms with Crippen molar-refractivity contribution >= 4 is 33.4 Å². The second-order valence-electron chi connectivity index (χ2n) is 8.77. The quantitative estimate of drug-likeness (QED) is 0.161. The zero-order valence-corrected chi connectivity index (χ0v) is 22.6. The summed E-state index contributed by atoms with van der Waals surface area (Å²) in [7, 11) is -3.42. The van der Waals surface area contributed by atoms with Crippen molar-refractivity contribution in [3.05, 3.63) is 29.3 Å². The number of thioether (sulfide) groups is 1. The number of sulfonamides is 1. The SMILES string of the molecule is CCCCCCCCCCCCCCCCCCSCCNS(=O)(=O)c1ccc(Cl)cc1.